The minimum atomic E-state index is 0.227. The molecule has 0 aromatic rings. The van der Waals surface area contributed by atoms with Crippen LogP contribution >= 0.6 is 0 Å². The SMILES string of the molecule is CCC(C)C(=O)CN1CCCC(CNC)C1. The summed E-state index contributed by atoms with van der Waals surface area (Å²) in [5.41, 5.74) is 0. The lowest BCUT2D eigenvalue weighted by atomic mass is 9.96. The fourth-order valence-corrected chi connectivity index (χ4v) is 2.35. The molecule has 2 atom stereocenters. The number of ketones is 1. The highest BCUT2D eigenvalue weighted by Gasteiger charge is 2.22. The Morgan fingerprint density at radius 2 is 2.31 bits per heavy atom. The van der Waals surface area contributed by atoms with Gasteiger partial charge in [0.15, 0.2) is 0 Å². The third kappa shape index (κ3) is 4.22. The monoisotopic (exact) mass is 226 g/mol. The zero-order valence-corrected chi connectivity index (χ0v) is 11.0. The lowest BCUT2D eigenvalue weighted by Gasteiger charge is -2.32. The van der Waals surface area contributed by atoms with Crippen molar-refractivity contribution in [3.63, 3.8) is 0 Å². The van der Waals surface area contributed by atoms with Crippen LogP contribution in [0.4, 0.5) is 0 Å². The van der Waals surface area contributed by atoms with Crippen molar-refractivity contribution in [2.75, 3.05) is 33.2 Å². The Bertz CT molecular complexity index is 216. The zero-order valence-electron chi connectivity index (χ0n) is 11.0. The average molecular weight is 226 g/mol. The molecule has 3 nitrogen and oxygen atoms in total. The zero-order chi connectivity index (χ0) is 12.0. The van der Waals surface area contributed by atoms with Crippen molar-refractivity contribution in [1.29, 1.82) is 0 Å². The van der Waals surface area contributed by atoms with Gasteiger partial charge in [-0.15, -0.1) is 0 Å². The van der Waals surface area contributed by atoms with Gasteiger partial charge in [0.25, 0.3) is 0 Å². The normalized spacial score (nSPS) is 24.3. The molecule has 1 heterocycles. The van der Waals surface area contributed by atoms with E-state index in [-0.39, 0.29) is 5.92 Å². The minimum absolute atomic E-state index is 0.227. The third-order valence-corrected chi connectivity index (χ3v) is 3.64. The largest absolute Gasteiger partial charge is 0.319 e. The summed E-state index contributed by atoms with van der Waals surface area (Å²) < 4.78 is 0. The number of nitrogens with one attached hydrogen (secondary N) is 1. The number of hydrogen-bond donors (Lipinski definition) is 1. The molecule has 0 aliphatic carbocycles. The second-order valence-corrected chi connectivity index (χ2v) is 5.08. The van der Waals surface area contributed by atoms with Gasteiger partial charge in [-0.05, 0) is 45.3 Å². The Morgan fingerprint density at radius 1 is 1.56 bits per heavy atom. The van der Waals surface area contributed by atoms with Gasteiger partial charge >= 0.3 is 0 Å². The molecule has 0 amide bonds. The van der Waals surface area contributed by atoms with E-state index in [1.165, 1.54) is 12.8 Å². The first kappa shape index (κ1) is 13.7. The van der Waals surface area contributed by atoms with Crippen LogP contribution in [-0.4, -0.2) is 43.9 Å². The Hall–Kier alpha value is -0.410. The van der Waals surface area contributed by atoms with Gasteiger partial charge in [0, 0.05) is 12.5 Å². The maximum atomic E-state index is 11.8. The first-order valence-corrected chi connectivity index (χ1v) is 6.57. The second kappa shape index (κ2) is 7.02. The molecule has 16 heavy (non-hydrogen) atoms. The van der Waals surface area contributed by atoms with E-state index in [4.69, 9.17) is 0 Å². The van der Waals surface area contributed by atoms with Gasteiger partial charge in [-0.1, -0.05) is 13.8 Å². The topological polar surface area (TPSA) is 32.3 Å². The van der Waals surface area contributed by atoms with E-state index in [0.717, 1.165) is 32.0 Å². The number of carbonyl (C=O) groups is 1. The van der Waals surface area contributed by atoms with Crippen molar-refractivity contribution in [2.45, 2.75) is 33.1 Å². The molecular formula is C13H26N2O. The van der Waals surface area contributed by atoms with Crippen LogP contribution in [0.25, 0.3) is 0 Å². The number of Topliss-reactive ketones (excluding diaryl/α,β-unsaturated/α-hetero) is 1. The Kier molecular flexibility index (Phi) is 5.99. The fourth-order valence-electron chi connectivity index (χ4n) is 2.35. The van der Waals surface area contributed by atoms with E-state index in [2.05, 4.69) is 17.1 Å². The smallest absolute Gasteiger partial charge is 0.149 e. The lowest BCUT2D eigenvalue weighted by molar-refractivity contribution is -0.124. The van der Waals surface area contributed by atoms with Crippen LogP contribution in [0.1, 0.15) is 33.1 Å². The summed E-state index contributed by atoms with van der Waals surface area (Å²) in [4.78, 5) is 14.2. The predicted molar refractivity (Wildman–Crippen MR) is 67.6 cm³/mol. The van der Waals surface area contributed by atoms with Crippen LogP contribution in [0.5, 0.6) is 0 Å². The molecule has 3 heteroatoms. The molecule has 1 fully saturated rings. The molecule has 0 radical (unpaired) electrons. The molecule has 0 bridgehead atoms. The van der Waals surface area contributed by atoms with Gasteiger partial charge < -0.3 is 5.32 Å². The molecule has 2 unspecified atom stereocenters. The molecule has 1 aliphatic rings. The number of carbonyl (C=O) groups excluding carboxylic acids is 1. The van der Waals surface area contributed by atoms with Crippen LogP contribution in [0.2, 0.25) is 0 Å². The number of hydrogen-bond acceptors (Lipinski definition) is 3. The number of nitrogens with zero attached hydrogens (tertiary/aromatic N) is 1. The quantitative estimate of drug-likeness (QED) is 0.745. The van der Waals surface area contributed by atoms with Crippen LogP contribution in [0.3, 0.4) is 0 Å². The first-order valence-electron chi connectivity index (χ1n) is 6.57. The molecule has 1 rings (SSSR count). The molecule has 94 valence electrons. The highest BCUT2D eigenvalue weighted by Crippen LogP contribution is 2.16. The standard InChI is InChI=1S/C13H26N2O/c1-4-11(2)13(16)10-15-7-5-6-12(9-15)8-14-3/h11-12,14H,4-10H2,1-3H3. The molecule has 0 saturated carbocycles. The third-order valence-electron chi connectivity index (χ3n) is 3.64. The highest BCUT2D eigenvalue weighted by atomic mass is 16.1. The van der Waals surface area contributed by atoms with E-state index < -0.39 is 0 Å². The highest BCUT2D eigenvalue weighted by molar-refractivity contribution is 5.82. The van der Waals surface area contributed by atoms with E-state index in [1.54, 1.807) is 0 Å². The van der Waals surface area contributed by atoms with Crippen molar-refractivity contribution in [1.82, 2.24) is 10.2 Å². The van der Waals surface area contributed by atoms with Crippen molar-refractivity contribution < 1.29 is 4.79 Å². The van der Waals surface area contributed by atoms with Crippen LogP contribution in [0.15, 0.2) is 0 Å². The number of likely N-dealkylation sites (tertiary alicyclic amines) is 1. The maximum Gasteiger partial charge on any atom is 0.149 e. The minimum Gasteiger partial charge on any atom is -0.319 e. The van der Waals surface area contributed by atoms with Crippen molar-refractivity contribution in [3.05, 3.63) is 0 Å². The van der Waals surface area contributed by atoms with Crippen molar-refractivity contribution >= 4 is 5.78 Å². The Labute approximate surface area is 99.6 Å². The van der Waals surface area contributed by atoms with Gasteiger partial charge in [0.2, 0.25) is 0 Å². The average Bonchev–Trinajstić information content (AvgIpc) is 2.29. The van der Waals surface area contributed by atoms with Crippen LogP contribution in [0, 0.1) is 11.8 Å². The van der Waals surface area contributed by atoms with Gasteiger partial charge in [-0.2, -0.15) is 0 Å². The van der Waals surface area contributed by atoms with E-state index >= 15 is 0 Å². The maximum absolute atomic E-state index is 11.8. The number of piperidine rings is 1. The number of rotatable bonds is 6. The summed E-state index contributed by atoms with van der Waals surface area (Å²) in [6.45, 7) is 8.05. The molecule has 1 N–H and O–H groups in total. The van der Waals surface area contributed by atoms with E-state index in [1.807, 2.05) is 14.0 Å². The van der Waals surface area contributed by atoms with E-state index in [0.29, 0.717) is 12.3 Å². The summed E-state index contributed by atoms with van der Waals surface area (Å²) in [6.07, 6.45) is 3.50. The predicted octanol–water partition coefficient (Wildman–Crippen LogP) is 1.53. The van der Waals surface area contributed by atoms with Gasteiger partial charge in [-0.25, -0.2) is 0 Å². The first-order chi connectivity index (χ1) is 7.67. The summed E-state index contributed by atoms with van der Waals surface area (Å²) in [7, 11) is 2.00. The Balaban J connectivity index is 2.33. The molecule has 0 spiro atoms. The fraction of sp³-hybridized carbons (Fsp3) is 0.923. The van der Waals surface area contributed by atoms with Crippen molar-refractivity contribution in [3.8, 4) is 0 Å². The molecule has 1 saturated heterocycles. The van der Waals surface area contributed by atoms with Gasteiger partial charge in [0.1, 0.15) is 5.78 Å². The van der Waals surface area contributed by atoms with Gasteiger partial charge in [0.05, 0.1) is 6.54 Å². The molecule has 0 aromatic heterocycles. The van der Waals surface area contributed by atoms with E-state index in [9.17, 15) is 4.79 Å². The molecular weight excluding hydrogens is 200 g/mol. The van der Waals surface area contributed by atoms with Crippen LogP contribution < -0.4 is 5.32 Å². The molecule has 1 aliphatic heterocycles. The lowest BCUT2D eigenvalue weighted by Crippen LogP contribution is -2.42. The van der Waals surface area contributed by atoms with Crippen molar-refractivity contribution in [2.24, 2.45) is 11.8 Å². The summed E-state index contributed by atoms with van der Waals surface area (Å²) in [5, 5.41) is 3.23. The summed E-state index contributed by atoms with van der Waals surface area (Å²) in [6, 6.07) is 0. The molecule has 0 aromatic carbocycles. The Morgan fingerprint density at radius 3 is 2.94 bits per heavy atom. The second-order valence-electron chi connectivity index (χ2n) is 5.08. The summed E-state index contributed by atoms with van der Waals surface area (Å²) in [5.74, 6) is 1.36. The summed E-state index contributed by atoms with van der Waals surface area (Å²) >= 11 is 0. The van der Waals surface area contributed by atoms with Crippen LogP contribution in [-0.2, 0) is 4.79 Å². The van der Waals surface area contributed by atoms with Gasteiger partial charge in [-0.3, -0.25) is 9.69 Å².